The standard InChI is InChI=1S/C64H130N4O3.C62H126N8O4/c1-5-9-13-17-21-25-29-32-35-39-43-47-53-65-54-49-51-57-67(56-50-45-41-37-33-30-26-22-18-14-10-6-2)59-63(70)60-68(58-62(69)52-46-42-38-34-31-27-23-19-15-11-7-3)61-64(71)66-55-48-44-40-36-28-24-20-16-12-8-4;1-5-9-13-17-21-25-29-33-37-41-45-65-59(71)55-69(56-60(72)66-46-42-38-34-30-26-22-18-14-10-6-2)53-51-63-49-50-64-52-54-70(57-61(73)67-47-43-39-35-31-27-23-19-15-11-7-3)58-62(74)68-48-44-40-36-32-28-24-20-16-12-8-4/h63,65,70H,5-61H2,1-4H3,(H,66,71);63-64H,5-58H2,1-4H3,(H,65,71)(H,66,72)(H,67,73)(H,68,74). The van der Waals surface area contributed by atoms with Crippen molar-refractivity contribution in [2.75, 3.05) is 151 Å². The largest absolute Gasteiger partial charge is 0.390 e. The Balaban J connectivity index is 0. The molecule has 0 saturated heterocycles. The molecular weight excluding hydrogens is 1790 g/mol. The summed E-state index contributed by atoms with van der Waals surface area (Å²) in [7, 11) is 0. The average molecular weight is 2050 g/mol. The number of hydrogen-bond acceptors (Lipinski definition) is 14. The minimum Gasteiger partial charge on any atom is -0.390 e. The topological polar surface area (TPSA) is 232 Å². The van der Waals surface area contributed by atoms with Crippen molar-refractivity contribution in [3.05, 3.63) is 0 Å². The molecule has 0 fully saturated rings. The van der Waals surface area contributed by atoms with Crippen LogP contribution >= 0.6 is 0 Å². The monoisotopic (exact) mass is 2050 g/mol. The Morgan fingerprint density at radius 1 is 0.166 bits per heavy atom. The zero-order valence-electron chi connectivity index (χ0n) is 98.8. The number of aliphatic hydroxyl groups excluding tert-OH is 1. The molecule has 0 rings (SSSR count). The number of carbonyl (C=O) groups is 6. The van der Waals surface area contributed by atoms with Crippen molar-refractivity contribution >= 4 is 35.3 Å². The lowest BCUT2D eigenvalue weighted by Gasteiger charge is -2.29. The molecule has 0 aliphatic rings. The minimum absolute atomic E-state index is 0.0139. The average Bonchev–Trinajstić information content (AvgIpc) is 0.917. The van der Waals surface area contributed by atoms with Crippen LogP contribution in [0, 0.1) is 0 Å². The fourth-order valence-electron chi connectivity index (χ4n) is 20.3. The van der Waals surface area contributed by atoms with Crippen molar-refractivity contribution in [3.8, 4) is 0 Å². The van der Waals surface area contributed by atoms with Gasteiger partial charge in [-0.2, -0.15) is 0 Å². The summed E-state index contributed by atoms with van der Waals surface area (Å²) in [6.07, 6.45) is 112. The van der Waals surface area contributed by atoms with Crippen molar-refractivity contribution in [3.63, 3.8) is 0 Å². The van der Waals surface area contributed by atoms with Gasteiger partial charge in [-0.3, -0.25) is 43.5 Å². The smallest absolute Gasteiger partial charge is 0.234 e. The van der Waals surface area contributed by atoms with Gasteiger partial charge in [0, 0.05) is 91.5 Å². The number of aliphatic hydroxyl groups is 1. The van der Waals surface area contributed by atoms with Crippen LogP contribution in [0.25, 0.3) is 0 Å². The van der Waals surface area contributed by atoms with Crippen molar-refractivity contribution in [1.29, 1.82) is 0 Å². The molecule has 0 bridgehead atoms. The van der Waals surface area contributed by atoms with E-state index in [1.807, 2.05) is 14.7 Å². The predicted octanol–water partition coefficient (Wildman–Crippen LogP) is 30.9. The number of Topliss-reactive ketones (excluding diaryl/α,β-unsaturated/α-hetero) is 1. The minimum atomic E-state index is -0.596. The van der Waals surface area contributed by atoms with Crippen LogP contribution in [-0.4, -0.2) is 217 Å². The third kappa shape index (κ3) is 119. The van der Waals surface area contributed by atoms with Gasteiger partial charge in [0.05, 0.1) is 45.4 Å². The fourth-order valence-corrected chi connectivity index (χ4v) is 20.3. The van der Waals surface area contributed by atoms with E-state index in [0.29, 0.717) is 78.4 Å². The lowest BCUT2D eigenvalue weighted by Crippen LogP contribution is -2.46. The molecule has 1 unspecified atom stereocenters. The van der Waals surface area contributed by atoms with Crippen molar-refractivity contribution < 1.29 is 33.9 Å². The Hall–Kier alpha value is -3.30. The zero-order chi connectivity index (χ0) is 105. The van der Waals surface area contributed by atoms with Gasteiger partial charge in [-0.05, 0) is 90.4 Å². The number of nitrogens with one attached hydrogen (secondary N) is 8. The summed E-state index contributed by atoms with van der Waals surface area (Å²) in [6, 6.07) is 0. The first-order valence-corrected chi connectivity index (χ1v) is 64.9. The van der Waals surface area contributed by atoms with Gasteiger partial charge in [-0.25, -0.2) is 0 Å². The van der Waals surface area contributed by atoms with E-state index in [-0.39, 0.29) is 74.6 Å². The maximum atomic E-state index is 13.4. The van der Waals surface area contributed by atoms with Crippen LogP contribution in [0.4, 0.5) is 0 Å². The van der Waals surface area contributed by atoms with Crippen LogP contribution in [0.5, 0.6) is 0 Å². The molecule has 862 valence electrons. The number of nitrogens with zero attached hydrogens (tertiary/aromatic N) is 4. The summed E-state index contributed by atoms with van der Waals surface area (Å²) in [5.41, 5.74) is 0. The molecule has 0 saturated carbocycles. The fraction of sp³-hybridized carbons (Fsp3) is 0.952. The third-order valence-corrected chi connectivity index (χ3v) is 29.8. The number of amides is 5. The third-order valence-electron chi connectivity index (χ3n) is 29.8. The second-order valence-corrected chi connectivity index (χ2v) is 44.8. The first kappa shape index (κ1) is 144. The molecule has 0 spiro atoms. The molecule has 0 radical (unpaired) electrons. The van der Waals surface area contributed by atoms with Gasteiger partial charge in [0.25, 0.3) is 0 Å². The number of rotatable bonds is 123. The highest BCUT2D eigenvalue weighted by Gasteiger charge is 2.22. The van der Waals surface area contributed by atoms with Crippen molar-refractivity contribution in [1.82, 2.24) is 62.1 Å². The van der Waals surface area contributed by atoms with Crippen LogP contribution in [0.3, 0.4) is 0 Å². The Labute approximate surface area is 903 Å². The number of ketones is 1. The van der Waals surface area contributed by atoms with Gasteiger partial charge >= 0.3 is 0 Å². The Bertz CT molecular complexity index is 2380. The summed E-state index contributed by atoms with van der Waals surface area (Å²) < 4.78 is 0. The molecule has 5 amide bonds. The molecular formula is C126H256N12O7. The molecule has 0 aromatic carbocycles. The number of hydrogen-bond donors (Lipinski definition) is 9. The highest BCUT2D eigenvalue weighted by Crippen LogP contribution is 2.21. The van der Waals surface area contributed by atoms with E-state index in [1.165, 1.54) is 469 Å². The van der Waals surface area contributed by atoms with Gasteiger partial charge in [0.2, 0.25) is 29.5 Å². The second-order valence-electron chi connectivity index (χ2n) is 44.8. The summed E-state index contributed by atoms with van der Waals surface area (Å²) in [6.45, 7) is 32.0. The van der Waals surface area contributed by atoms with E-state index < -0.39 is 6.10 Å². The van der Waals surface area contributed by atoms with Crippen LogP contribution in [0.1, 0.15) is 620 Å². The summed E-state index contributed by atoms with van der Waals surface area (Å²) in [5.74, 6) is 0.119. The second kappa shape index (κ2) is 124. The normalized spacial score (nSPS) is 11.8. The molecule has 0 aromatic rings. The number of carbonyl (C=O) groups excluding carboxylic acids is 6. The molecule has 0 heterocycles. The molecule has 19 heteroatoms. The first-order valence-electron chi connectivity index (χ1n) is 64.9. The molecule has 9 N–H and O–H groups in total. The lowest BCUT2D eigenvalue weighted by atomic mass is 10.0. The molecule has 0 aliphatic carbocycles. The molecule has 0 aromatic heterocycles. The summed E-state index contributed by atoms with van der Waals surface area (Å²) >= 11 is 0. The highest BCUT2D eigenvalue weighted by molar-refractivity contribution is 5.83. The van der Waals surface area contributed by atoms with Crippen molar-refractivity contribution in [2.45, 2.75) is 627 Å². The maximum Gasteiger partial charge on any atom is 0.234 e. The van der Waals surface area contributed by atoms with Gasteiger partial charge in [0.1, 0.15) is 5.78 Å². The van der Waals surface area contributed by atoms with E-state index in [4.69, 9.17) is 0 Å². The van der Waals surface area contributed by atoms with Gasteiger partial charge < -0.3 is 52.5 Å². The zero-order valence-corrected chi connectivity index (χ0v) is 98.8. The summed E-state index contributed by atoms with van der Waals surface area (Å²) in [5, 5.41) is 38.0. The quantitative estimate of drug-likeness (QED) is 0.0258. The maximum absolute atomic E-state index is 13.4. The van der Waals surface area contributed by atoms with E-state index in [2.05, 4.69) is 103 Å². The number of unbranched alkanes of at least 4 members (excludes halogenated alkanes) is 78. The highest BCUT2D eigenvalue weighted by atomic mass is 16.3. The van der Waals surface area contributed by atoms with E-state index in [1.54, 1.807) is 0 Å². The van der Waals surface area contributed by atoms with E-state index >= 15 is 0 Å². The Morgan fingerprint density at radius 3 is 0.559 bits per heavy atom. The molecule has 145 heavy (non-hydrogen) atoms. The van der Waals surface area contributed by atoms with E-state index in [9.17, 15) is 33.9 Å². The Kier molecular flexibility index (Phi) is 123. The SMILES string of the molecule is CCCCCCCCCCCCCCNCCCCN(CCCCCCCCCCCCCC)CC(O)CN(CC(=O)CCCCCCCCCCCCC)CC(=O)NCCCCCCCCCCCC.CCCCCCCCCCCCNC(=O)CN(CCNCCNCCN(CC(=O)NCCCCCCCCCCCC)CC(=O)NCCCCCCCCCCCC)CC(=O)NCCCCCCCCCCCC. The molecule has 0 aliphatic heterocycles. The first-order chi connectivity index (χ1) is 71.3. The summed E-state index contributed by atoms with van der Waals surface area (Å²) in [4.78, 5) is 87.4. The van der Waals surface area contributed by atoms with Gasteiger partial charge in [0.15, 0.2) is 0 Å². The van der Waals surface area contributed by atoms with Crippen LogP contribution in [0.15, 0.2) is 0 Å². The van der Waals surface area contributed by atoms with Crippen LogP contribution in [-0.2, 0) is 28.8 Å². The van der Waals surface area contributed by atoms with Gasteiger partial charge in [-0.15, -0.1) is 0 Å². The van der Waals surface area contributed by atoms with Crippen molar-refractivity contribution in [2.24, 2.45) is 0 Å². The van der Waals surface area contributed by atoms with Crippen LogP contribution < -0.4 is 42.5 Å². The molecule has 19 nitrogen and oxygen atoms in total. The van der Waals surface area contributed by atoms with Crippen LogP contribution in [0.2, 0.25) is 0 Å². The van der Waals surface area contributed by atoms with E-state index in [0.717, 1.165) is 129 Å². The molecule has 1 atom stereocenters. The predicted molar refractivity (Wildman–Crippen MR) is 632 cm³/mol. The Morgan fingerprint density at radius 2 is 0.331 bits per heavy atom. The van der Waals surface area contributed by atoms with Gasteiger partial charge in [-0.1, -0.05) is 550 Å². The lowest BCUT2D eigenvalue weighted by molar-refractivity contribution is -0.126.